The fraction of sp³-hybridized carbons (Fsp3) is 0.647. The molecule has 1 fully saturated rings. The lowest BCUT2D eigenvalue weighted by molar-refractivity contribution is -0.143. The zero-order chi connectivity index (χ0) is 16.5. The van der Waals surface area contributed by atoms with E-state index in [2.05, 4.69) is 5.32 Å². The summed E-state index contributed by atoms with van der Waals surface area (Å²) < 4.78 is 10.3. The molecule has 6 heteroatoms. The highest BCUT2D eigenvalue weighted by molar-refractivity contribution is 5.76. The molecule has 0 aliphatic heterocycles. The Kier molecular flexibility index (Phi) is 6.97. The van der Waals surface area contributed by atoms with Crippen molar-refractivity contribution in [3.8, 4) is 0 Å². The van der Waals surface area contributed by atoms with Gasteiger partial charge in [0.2, 0.25) is 0 Å². The van der Waals surface area contributed by atoms with Crippen molar-refractivity contribution in [2.24, 2.45) is 0 Å². The van der Waals surface area contributed by atoms with Crippen LogP contribution in [0, 0.1) is 0 Å². The van der Waals surface area contributed by atoms with Gasteiger partial charge in [0.15, 0.2) is 0 Å². The van der Waals surface area contributed by atoms with Crippen LogP contribution >= 0.6 is 0 Å². The Morgan fingerprint density at radius 1 is 1.35 bits per heavy atom. The zero-order valence-electron chi connectivity index (χ0n) is 13.8. The Morgan fingerprint density at radius 2 is 2.13 bits per heavy atom. The van der Waals surface area contributed by atoms with Crippen LogP contribution in [0.1, 0.15) is 51.2 Å². The predicted octanol–water partition coefficient (Wildman–Crippen LogP) is 3.08. The monoisotopic (exact) mass is 322 g/mol. The standard InChI is InChI=1S/C17H26N2O4/c1-2-22-16(20)10-11-19(13-15-9-6-12-23-15)17(21)18-14-7-4-3-5-8-14/h6,9,12,14H,2-5,7-8,10-11,13H2,1H3,(H,18,21). The van der Waals surface area contributed by atoms with E-state index in [9.17, 15) is 9.59 Å². The Hall–Kier alpha value is -1.98. The van der Waals surface area contributed by atoms with E-state index in [1.54, 1.807) is 24.2 Å². The molecule has 6 nitrogen and oxygen atoms in total. The molecule has 1 aliphatic rings. The van der Waals surface area contributed by atoms with Gasteiger partial charge in [-0.05, 0) is 31.9 Å². The van der Waals surface area contributed by atoms with Crippen LogP contribution in [-0.4, -0.2) is 36.1 Å². The van der Waals surface area contributed by atoms with Crippen molar-refractivity contribution < 1.29 is 18.7 Å². The average molecular weight is 322 g/mol. The van der Waals surface area contributed by atoms with E-state index >= 15 is 0 Å². The van der Waals surface area contributed by atoms with Crippen LogP contribution in [0.3, 0.4) is 0 Å². The SMILES string of the molecule is CCOC(=O)CCN(Cc1ccco1)C(=O)NC1CCCCC1. The summed E-state index contributed by atoms with van der Waals surface area (Å²) in [6.07, 6.45) is 7.38. The lowest BCUT2D eigenvalue weighted by Crippen LogP contribution is -2.45. The average Bonchev–Trinajstić information content (AvgIpc) is 3.05. The van der Waals surface area contributed by atoms with Crippen LogP contribution in [0.25, 0.3) is 0 Å². The van der Waals surface area contributed by atoms with E-state index in [-0.39, 0.29) is 24.5 Å². The maximum Gasteiger partial charge on any atom is 0.318 e. The summed E-state index contributed by atoms with van der Waals surface area (Å²) in [5.41, 5.74) is 0. The molecule has 0 atom stereocenters. The Labute approximate surface area is 137 Å². The van der Waals surface area contributed by atoms with Crippen LogP contribution in [0.15, 0.2) is 22.8 Å². The lowest BCUT2D eigenvalue weighted by atomic mass is 9.96. The summed E-state index contributed by atoms with van der Waals surface area (Å²) in [5, 5.41) is 3.08. The van der Waals surface area contributed by atoms with E-state index in [0.717, 1.165) is 25.7 Å². The molecule has 1 saturated carbocycles. The number of furan rings is 1. The fourth-order valence-corrected chi connectivity index (χ4v) is 2.82. The first kappa shape index (κ1) is 17.4. The number of carbonyl (C=O) groups is 2. The Morgan fingerprint density at radius 3 is 2.78 bits per heavy atom. The van der Waals surface area contributed by atoms with Crippen molar-refractivity contribution in [2.45, 2.75) is 58.0 Å². The summed E-state index contributed by atoms with van der Waals surface area (Å²) in [4.78, 5) is 25.7. The molecule has 1 aliphatic carbocycles. The van der Waals surface area contributed by atoms with Crippen molar-refractivity contribution in [3.63, 3.8) is 0 Å². The molecule has 1 aromatic rings. The van der Waals surface area contributed by atoms with E-state index in [1.807, 2.05) is 6.07 Å². The van der Waals surface area contributed by atoms with Crippen LogP contribution in [0.5, 0.6) is 0 Å². The van der Waals surface area contributed by atoms with E-state index in [1.165, 1.54) is 6.42 Å². The van der Waals surface area contributed by atoms with Gasteiger partial charge >= 0.3 is 12.0 Å². The maximum absolute atomic E-state index is 12.5. The topological polar surface area (TPSA) is 71.8 Å². The molecule has 0 aromatic carbocycles. The number of carbonyl (C=O) groups excluding carboxylic acids is 2. The van der Waals surface area contributed by atoms with E-state index in [4.69, 9.17) is 9.15 Å². The fourth-order valence-electron chi connectivity index (χ4n) is 2.82. The van der Waals surface area contributed by atoms with Crippen LogP contribution in [0.4, 0.5) is 4.79 Å². The van der Waals surface area contributed by atoms with Crippen molar-refractivity contribution in [2.75, 3.05) is 13.2 Å². The third-order valence-electron chi connectivity index (χ3n) is 4.04. The number of nitrogens with zero attached hydrogens (tertiary/aromatic N) is 1. The molecule has 1 N–H and O–H groups in total. The number of esters is 1. The number of urea groups is 1. The second kappa shape index (κ2) is 9.22. The Bertz CT molecular complexity index is 481. The van der Waals surface area contributed by atoms with Gasteiger partial charge in [0, 0.05) is 12.6 Å². The molecule has 0 saturated heterocycles. The first-order chi connectivity index (χ1) is 11.2. The highest BCUT2D eigenvalue weighted by atomic mass is 16.5. The molecule has 0 bridgehead atoms. The number of hydrogen-bond donors (Lipinski definition) is 1. The number of ether oxygens (including phenoxy) is 1. The first-order valence-electron chi connectivity index (χ1n) is 8.42. The highest BCUT2D eigenvalue weighted by Crippen LogP contribution is 2.18. The summed E-state index contributed by atoms with van der Waals surface area (Å²) in [5.74, 6) is 0.412. The van der Waals surface area contributed by atoms with Gasteiger partial charge in [-0.2, -0.15) is 0 Å². The van der Waals surface area contributed by atoms with Gasteiger partial charge in [0.25, 0.3) is 0 Å². The van der Waals surface area contributed by atoms with Gasteiger partial charge in [-0.1, -0.05) is 19.3 Å². The highest BCUT2D eigenvalue weighted by Gasteiger charge is 2.21. The van der Waals surface area contributed by atoms with Crippen molar-refractivity contribution in [1.29, 1.82) is 0 Å². The number of amides is 2. The number of rotatable bonds is 7. The molecule has 2 rings (SSSR count). The van der Waals surface area contributed by atoms with Crippen molar-refractivity contribution in [3.05, 3.63) is 24.2 Å². The Balaban J connectivity index is 1.90. The number of nitrogens with one attached hydrogen (secondary N) is 1. The molecule has 0 spiro atoms. The molecular formula is C17H26N2O4. The van der Waals surface area contributed by atoms with Crippen molar-refractivity contribution in [1.82, 2.24) is 10.2 Å². The lowest BCUT2D eigenvalue weighted by Gasteiger charge is -2.27. The first-order valence-corrected chi connectivity index (χ1v) is 8.42. The van der Waals surface area contributed by atoms with Gasteiger partial charge in [0.1, 0.15) is 5.76 Å². The molecule has 0 unspecified atom stereocenters. The largest absolute Gasteiger partial charge is 0.467 e. The predicted molar refractivity (Wildman–Crippen MR) is 85.8 cm³/mol. The minimum atomic E-state index is -0.289. The van der Waals surface area contributed by atoms with Crippen LogP contribution in [0.2, 0.25) is 0 Å². The van der Waals surface area contributed by atoms with E-state index < -0.39 is 0 Å². The second-order valence-corrected chi connectivity index (χ2v) is 5.84. The molecular weight excluding hydrogens is 296 g/mol. The van der Waals surface area contributed by atoms with E-state index in [0.29, 0.717) is 25.5 Å². The third-order valence-corrected chi connectivity index (χ3v) is 4.04. The smallest absolute Gasteiger partial charge is 0.318 e. The summed E-state index contributed by atoms with van der Waals surface area (Å²) in [6.45, 7) is 2.79. The van der Waals surface area contributed by atoms with Gasteiger partial charge in [-0.3, -0.25) is 4.79 Å². The second-order valence-electron chi connectivity index (χ2n) is 5.84. The van der Waals surface area contributed by atoms with Gasteiger partial charge < -0.3 is 19.4 Å². The van der Waals surface area contributed by atoms with Crippen LogP contribution < -0.4 is 5.32 Å². The minimum absolute atomic E-state index is 0.141. The zero-order valence-corrected chi connectivity index (χ0v) is 13.8. The molecule has 1 heterocycles. The summed E-state index contributed by atoms with van der Waals surface area (Å²) in [6, 6.07) is 3.71. The molecule has 2 amide bonds. The quantitative estimate of drug-likeness (QED) is 0.783. The molecule has 128 valence electrons. The minimum Gasteiger partial charge on any atom is -0.467 e. The normalized spacial score (nSPS) is 15.2. The number of hydrogen-bond acceptors (Lipinski definition) is 4. The van der Waals surface area contributed by atoms with Gasteiger partial charge in [0.05, 0.1) is 25.8 Å². The van der Waals surface area contributed by atoms with Crippen LogP contribution in [-0.2, 0) is 16.1 Å². The summed E-state index contributed by atoms with van der Waals surface area (Å²) >= 11 is 0. The molecule has 1 aromatic heterocycles. The van der Waals surface area contributed by atoms with Gasteiger partial charge in [-0.25, -0.2) is 4.79 Å². The third kappa shape index (κ3) is 5.96. The maximum atomic E-state index is 12.5. The van der Waals surface area contributed by atoms with Gasteiger partial charge in [-0.15, -0.1) is 0 Å². The molecule has 0 radical (unpaired) electrons. The summed E-state index contributed by atoms with van der Waals surface area (Å²) in [7, 11) is 0. The van der Waals surface area contributed by atoms with Crippen molar-refractivity contribution >= 4 is 12.0 Å². The molecule has 23 heavy (non-hydrogen) atoms.